The van der Waals surface area contributed by atoms with E-state index in [1.165, 1.54) is 11.8 Å². The number of aryl methyl sites for hydroxylation is 2. The topological polar surface area (TPSA) is 53.5 Å². The Labute approximate surface area is 135 Å². The van der Waals surface area contributed by atoms with E-state index in [0.717, 1.165) is 16.8 Å². The van der Waals surface area contributed by atoms with Gasteiger partial charge in [0.1, 0.15) is 0 Å². The molecule has 0 bridgehead atoms. The first-order valence-corrected chi connectivity index (χ1v) is 7.31. The van der Waals surface area contributed by atoms with Crippen molar-refractivity contribution in [2.45, 2.75) is 13.8 Å². The van der Waals surface area contributed by atoms with E-state index < -0.39 is 0 Å². The highest BCUT2D eigenvalue weighted by molar-refractivity contribution is 6.33. The van der Waals surface area contributed by atoms with Gasteiger partial charge in [-0.1, -0.05) is 47.5 Å². The molecule has 4 nitrogen and oxygen atoms in total. The standard InChI is InChI=1S/C17H18ClN3O/c1-12-7-8-16(13(2)9-12)19-11-17(22)21-20-10-14-5-3-4-6-15(14)18/h3-10,19H,11H2,1-2H3,(H,21,22)/b20-10+. The van der Waals surface area contributed by atoms with E-state index in [-0.39, 0.29) is 12.5 Å². The Morgan fingerprint density at radius 2 is 2.00 bits per heavy atom. The molecule has 2 aromatic carbocycles. The van der Waals surface area contributed by atoms with Crippen LogP contribution < -0.4 is 10.7 Å². The molecule has 0 aromatic heterocycles. The number of halogens is 1. The van der Waals surface area contributed by atoms with Gasteiger partial charge in [-0.3, -0.25) is 4.79 Å². The van der Waals surface area contributed by atoms with E-state index in [0.29, 0.717) is 5.02 Å². The van der Waals surface area contributed by atoms with E-state index >= 15 is 0 Å². The molecule has 0 saturated carbocycles. The Morgan fingerprint density at radius 3 is 2.73 bits per heavy atom. The molecule has 0 heterocycles. The van der Waals surface area contributed by atoms with Crippen LogP contribution in [0.25, 0.3) is 0 Å². The lowest BCUT2D eigenvalue weighted by Gasteiger charge is -2.09. The molecule has 0 unspecified atom stereocenters. The van der Waals surface area contributed by atoms with E-state index in [2.05, 4.69) is 21.9 Å². The number of hydrogen-bond donors (Lipinski definition) is 2. The van der Waals surface area contributed by atoms with E-state index in [9.17, 15) is 4.79 Å². The molecule has 0 aliphatic carbocycles. The van der Waals surface area contributed by atoms with Crippen LogP contribution in [0.5, 0.6) is 0 Å². The Morgan fingerprint density at radius 1 is 1.23 bits per heavy atom. The van der Waals surface area contributed by atoms with Crippen molar-refractivity contribution in [2.75, 3.05) is 11.9 Å². The Kier molecular flexibility index (Phi) is 5.55. The number of nitrogens with zero attached hydrogens (tertiary/aromatic N) is 1. The number of benzene rings is 2. The lowest BCUT2D eigenvalue weighted by Crippen LogP contribution is -2.26. The molecule has 0 saturated heterocycles. The molecule has 0 aliphatic heterocycles. The summed E-state index contributed by atoms with van der Waals surface area (Å²) >= 11 is 5.99. The summed E-state index contributed by atoms with van der Waals surface area (Å²) in [4.78, 5) is 11.7. The van der Waals surface area contributed by atoms with Crippen LogP contribution in [0.1, 0.15) is 16.7 Å². The van der Waals surface area contributed by atoms with Crippen molar-refractivity contribution in [3.63, 3.8) is 0 Å². The molecule has 0 aliphatic rings. The second kappa shape index (κ2) is 7.61. The van der Waals surface area contributed by atoms with Gasteiger partial charge in [-0.2, -0.15) is 5.10 Å². The summed E-state index contributed by atoms with van der Waals surface area (Å²) in [6.07, 6.45) is 1.53. The smallest absolute Gasteiger partial charge is 0.259 e. The van der Waals surface area contributed by atoms with Crippen molar-refractivity contribution in [3.8, 4) is 0 Å². The summed E-state index contributed by atoms with van der Waals surface area (Å²) in [6, 6.07) is 13.3. The van der Waals surface area contributed by atoms with Crippen LogP contribution in [-0.2, 0) is 4.79 Å². The number of hydrogen-bond acceptors (Lipinski definition) is 3. The first-order valence-electron chi connectivity index (χ1n) is 6.94. The van der Waals surface area contributed by atoms with Gasteiger partial charge in [0.25, 0.3) is 5.91 Å². The Balaban J connectivity index is 1.84. The third-order valence-corrected chi connectivity index (χ3v) is 3.46. The van der Waals surface area contributed by atoms with E-state index in [1.54, 1.807) is 6.07 Å². The van der Waals surface area contributed by atoms with Gasteiger partial charge in [0.15, 0.2) is 0 Å². The molecular weight excluding hydrogens is 298 g/mol. The fourth-order valence-corrected chi connectivity index (χ4v) is 2.17. The number of anilines is 1. The average Bonchev–Trinajstić information content (AvgIpc) is 2.48. The molecule has 22 heavy (non-hydrogen) atoms. The molecule has 1 amide bonds. The molecular formula is C17H18ClN3O. The number of carbonyl (C=O) groups excluding carboxylic acids is 1. The van der Waals surface area contributed by atoms with E-state index in [1.807, 2.05) is 44.2 Å². The zero-order valence-electron chi connectivity index (χ0n) is 12.6. The zero-order valence-corrected chi connectivity index (χ0v) is 13.3. The summed E-state index contributed by atoms with van der Waals surface area (Å²) in [6.45, 7) is 4.19. The monoisotopic (exact) mass is 315 g/mol. The van der Waals surface area contributed by atoms with Crippen molar-refractivity contribution in [1.29, 1.82) is 0 Å². The Hall–Kier alpha value is -2.33. The highest BCUT2D eigenvalue weighted by Gasteiger charge is 2.02. The Bertz CT molecular complexity index is 698. The minimum absolute atomic E-state index is 0.157. The van der Waals surface area contributed by atoms with Gasteiger partial charge < -0.3 is 5.32 Å². The second-order valence-electron chi connectivity index (χ2n) is 4.99. The normalized spacial score (nSPS) is 10.7. The summed E-state index contributed by atoms with van der Waals surface area (Å²) in [5.41, 5.74) is 6.46. The first kappa shape index (κ1) is 16.0. The second-order valence-corrected chi connectivity index (χ2v) is 5.39. The number of nitrogens with one attached hydrogen (secondary N) is 2. The predicted octanol–water partition coefficient (Wildman–Crippen LogP) is 3.52. The van der Waals surface area contributed by atoms with Crippen LogP contribution >= 0.6 is 11.6 Å². The van der Waals surface area contributed by atoms with Crippen molar-refractivity contribution >= 4 is 29.4 Å². The number of carbonyl (C=O) groups is 1. The summed E-state index contributed by atoms with van der Waals surface area (Å²) in [7, 11) is 0. The zero-order chi connectivity index (χ0) is 15.9. The maximum atomic E-state index is 11.7. The number of amides is 1. The van der Waals surface area contributed by atoms with Crippen LogP contribution in [0, 0.1) is 13.8 Å². The van der Waals surface area contributed by atoms with Crippen LogP contribution in [-0.4, -0.2) is 18.7 Å². The minimum Gasteiger partial charge on any atom is -0.376 e. The molecule has 114 valence electrons. The molecule has 2 N–H and O–H groups in total. The molecule has 0 atom stereocenters. The third kappa shape index (κ3) is 4.60. The molecule has 0 radical (unpaired) electrons. The molecule has 5 heteroatoms. The highest BCUT2D eigenvalue weighted by Crippen LogP contribution is 2.15. The fraction of sp³-hybridized carbons (Fsp3) is 0.176. The molecule has 0 fully saturated rings. The van der Waals surface area contributed by atoms with Gasteiger partial charge in [-0.15, -0.1) is 0 Å². The number of hydrazone groups is 1. The SMILES string of the molecule is Cc1ccc(NCC(=O)N/N=C/c2ccccc2Cl)c(C)c1. The van der Waals surface area contributed by atoms with E-state index in [4.69, 9.17) is 11.6 Å². The van der Waals surface area contributed by atoms with Gasteiger partial charge in [-0.25, -0.2) is 5.43 Å². The maximum absolute atomic E-state index is 11.7. The van der Waals surface area contributed by atoms with Gasteiger partial charge in [-0.05, 0) is 31.5 Å². The average molecular weight is 316 g/mol. The summed E-state index contributed by atoms with van der Waals surface area (Å²) < 4.78 is 0. The van der Waals surface area contributed by atoms with Crippen LogP contribution in [0.2, 0.25) is 5.02 Å². The van der Waals surface area contributed by atoms with Gasteiger partial charge in [0.2, 0.25) is 0 Å². The van der Waals surface area contributed by atoms with Crippen molar-refractivity contribution < 1.29 is 4.79 Å². The summed E-state index contributed by atoms with van der Waals surface area (Å²) in [5.74, 6) is -0.219. The lowest BCUT2D eigenvalue weighted by atomic mass is 10.1. The molecule has 2 rings (SSSR count). The predicted molar refractivity (Wildman–Crippen MR) is 91.6 cm³/mol. The quantitative estimate of drug-likeness (QED) is 0.655. The van der Waals surface area contributed by atoms with Gasteiger partial charge in [0.05, 0.1) is 12.8 Å². The van der Waals surface area contributed by atoms with Crippen LogP contribution in [0.3, 0.4) is 0 Å². The van der Waals surface area contributed by atoms with Crippen molar-refractivity contribution in [3.05, 3.63) is 64.2 Å². The maximum Gasteiger partial charge on any atom is 0.259 e. The molecule has 0 spiro atoms. The number of rotatable bonds is 5. The van der Waals surface area contributed by atoms with Gasteiger partial charge in [0, 0.05) is 16.3 Å². The summed E-state index contributed by atoms with van der Waals surface area (Å²) in [5, 5.41) is 7.58. The third-order valence-electron chi connectivity index (χ3n) is 3.12. The van der Waals surface area contributed by atoms with Gasteiger partial charge >= 0.3 is 0 Å². The van der Waals surface area contributed by atoms with Crippen molar-refractivity contribution in [2.24, 2.45) is 5.10 Å². The van der Waals surface area contributed by atoms with Crippen LogP contribution in [0.15, 0.2) is 47.6 Å². The van der Waals surface area contributed by atoms with Crippen LogP contribution in [0.4, 0.5) is 5.69 Å². The highest BCUT2D eigenvalue weighted by atomic mass is 35.5. The fourth-order valence-electron chi connectivity index (χ4n) is 1.98. The largest absolute Gasteiger partial charge is 0.376 e. The lowest BCUT2D eigenvalue weighted by molar-refractivity contribution is -0.119. The van der Waals surface area contributed by atoms with Crippen molar-refractivity contribution in [1.82, 2.24) is 5.43 Å². The molecule has 2 aromatic rings. The minimum atomic E-state index is -0.219. The first-order chi connectivity index (χ1) is 10.6.